The molecule has 1 aromatic carbocycles. The van der Waals surface area contributed by atoms with Crippen molar-refractivity contribution in [2.45, 2.75) is 31.7 Å². The number of hydrogen-bond acceptors (Lipinski definition) is 3. The summed E-state index contributed by atoms with van der Waals surface area (Å²) in [5.41, 5.74) is 1.20. The molecule has 0 radical (unpaired) electrons. The average Bonchev–Trinajstić information content (AvgIpc) is 2.86. The Kier molecular flexibility index (Phi) is 2.27. The third-order valence-electron chi connectivity index (χ3n) is 3.03. The highest BCUT2D eigenvalue weighted by Crippen LogP contribution is 2.24. The lowest BCUT2D eigenvalue weighted by Gasteiger charge is -2.07. The van der Waals surface area contributed by atoms with E-state index in [1.807, 2.05) is 0 Å². The van der Waals surface area contributed by atoms with Crippen LogP contribution in [0.3, 0.4) is 0 Å². The molecule has 3 rings (SSSR count). The number of fused-ring (bicyclic) bond motifs is 1. The molecule has 1 saturated carbocycles. The number of anilines is 1. The van der Waals surface area contributed by atoms with Gasteiger partial charge in [-0.15, -0.1) is 0 Å². The third kappa shape index (κ3) is 1.75. The molecule has 0 unspecified atom stereocenters. The fraction of sp³-hybridized carbons (Fsp3) is 0.417. The molecule has 0 amide bonds. The summed E-state index contributed by atoms with van der Waals surface area (Å²) in [7, 11) is 0. The number of benzene rings is 1. The van der Waals surface area contributed by atoms with E-state index in [1.54, 1.807) is 6.07 Å². The maximum Gasteiger partial charge on any atom is 0.295 e. The quantitative estimate of drug-likeness (QED) is 0.843. The lowest BCUT2D eigenvalue weighted by Crippen LogP contribution is -2.14. The monoisotopic (exact) mass is 220 g/mol. The van der Waals surface area contributed by atoms with Crippen molar-refractivity contribution in [3.05, 3.63) is 24.0 Å². The highest BCUT2D eigenvalue weighted by Gasteiger charge is 2.17. The molecule has 1 N–H and O–H groups in total. The molecule has 1 heterocycles. The molecule has 3 nitrogen and oxygen atoms in total. The summed E-state index contributed by atoms with van der Waals surface area (Å²) in [5, 5.41) is 3.25. The molecular formula is C12H13FN2O. The maximum atomic E-state index is 12.9. The van der Waals surface area contributed by atoms with Gasteiger partial charge in [0.15, 0.2) is 5.58 Å². The first kappa shape index (κ1) is 9.63. The number of aromatic nitrogens is 1. The van der Waals surface area contributed by atoms with E-state index in [-0.39, 0.29) is 5.82 Å². The van der Waals surface area contributed by atoms with Crippen LogP contribution in [-0.4, -0.2) is 11.0 Å². The smallest absolute Gasteiger partial charge is 0.295 e. The van der Waals surface area contributed by atoms with Gasteiger partial charge in [-0.3, -0.25) is 0 Å². The summed E-state index contributed by atoms with van der Waals surface area (Å²) in [6.45, 7) is 0. The van der Waals surface area contributed by atoms with Crippen LogP contribution in [0.4, 0.5) is 10.4 Å². The second-order valence-electron chi connectivity index (χ2n) is 4.26. The van der Waals surface area contributed by atoms with Gasteiger partial charge in [-0.2, -0.15) is 4.98 Å². The van der Waals surface area contributed by atoms with Gasteiger partial charge in [-0.25, -0.2) is 4.39 Å². The number of halogens is 1. The first-order chi connectivity index (χ1) is 7.81. The van der Waals surface area contributed by atoms with E-state index in [0.29, 0.717) is 23.2 Å². The number of hydrogen-bond donors (Lipinski definition) is 1. The molecule has 84 valence electrons. The van der Waals surface area contributed by atoms with Gasteiger partial charge in [0.05, 0.1) is 0 Å². The van der Waals surface area contributed by atoms with Gasteiger partial charge in [0.25, 0.3) is 6.01 Å². The second kappa shape index (κ2) is 3.77. The number of oxazole rings is 1. The van der Waals surface area contributed by atoms with E-state index >= 15 is 0 Å². The Morgan fingerprint density at radius 1 is 1.31 bits per heavy atom. The molecular weight excluding hydrogens is 207 g/mol. The van der Waals surface area contributed by atoms with E-state index in [0.717, 1.165) is 12.8 Å². The van der Waals surface area contributed by atoms with Gasteiger partial charge in [0.1, 0.15) is 11.3 Å². The fourth-order valence-electron chi connectivity index (χ4n) is 2.20. The van der Waals surface area contributed by atoms with Crippen molar-refractivity contribution in [1.82, 2.24) is 4.98 Å². The summed E-state index contributed by atoms with van der Waals surface area (Å²) >= 11 is 0. The zero-order valence-electron chi connectivity index (χ0n) is 8.87. The molecule has 4 heteroatoms. The minimum atomic E-state index is -0.295. The largest absolute Gasteiger partial charge is 0.423 e. The van der Waals surface area contributed by atoms with E-state index in [9.17, 15) is 4.39 Å². The van der Waals surface area contributed by atoms with Crippen molar-refractivity contribution in [1.29, 1.82) is 0 Å². The van der Waals surface area contributed by atoms with E-state index < -0.39 is 0 Å². The van der Waals surface area contributed by atoms with Gasteiger partial charge in [-0.05, 0) is 25.0 Å². The summed E-state index contributed by atoms with van der Waals surface area (Å²) in [6, 6.07) is 5.35. The van der Waals surface area contributed by atoms with Crippen molar-refractivity contribution in [2.24, 2.45) is 0 Å². The zero-order chi connectivity index (χ0) is 11.0. The minimum Gasteiger partial charge on any atom is -0.423 e. The Morgan fingerprint density at radius 2 is 2.12 bits per heavy atom. The van der Waals surface area contributed by atoms with Crippen LogP contribution in [0.1, 0.15) is 25.7 Å². The van der Waals surface area contributed by atoms with Crippen LogP contribution in [0.15, 0.2) is 22.6 Å². The zero-order valence-corrected chi connectivity index (χ0v) is 8.87. The molecule has 0 saturated heterocycles. The standard InChI is InChI=1S/C12H13FN2O/c13-8-5-6-10-11(7-8)16-12(15-10)14-9-3-1-2-4-9/h5-7,9H,1-4H2,(H,14,15). The summed E-state index contributed by atoms with van der Waals surface area (Å²) in [5.74, 6) is -0.295. The molecule has 0 atom stereocenters. The van der Waals surface area contributed by atoms with Crippen LogP contribution >= 0.6 is 0 Å². The van der Waals surface area contributed by atoms with Crippen LogP contribution in [0.25, 0.3) is 11.1 Å². The maximum absolute atomic E-state index is 12.9. The molecule has 1 aromatic heterocycles. The molecule has 16 heavy (non-hydrogen) atoms. The molecule has 1 fully saturated rings. The van der Waals surface area contributed by atoms with Gasteiger partial charge >= 0.3 is 0 Å². The van der Waals surface area contributed by atoms with E-state index in [1.165, 1.54) is 25.0 Å². The van der Waals surface area contributed by atoms with E-state index in [4.69, 9.17) is 4.42 Å². The van der Waals surface area contributed by atoms with Gasteiger partial charge in [-0.1, -0.05) is 12.8 Å². The molecule has 2 aromatic rings. The Hall–Kier alpha value is -1.58. The van der Waals surface area contributed by atoms with Crippen LogP contribution in [0.5, 0.6) is 0 Å². The average molecular weight is 220 g/mol. The third-order valence-corrected chi connectivity index (χ3v) is 3.03. The van der Waals surface area contributed by atoms with Gasteiger partial charge < -0.3 is 9.73 Å². The lowest BCUT2D eigenvalue weighted by atomic mass is 10.3. The number of nitrogens with one attached hydrogen (secondary N) is 1. The molecule has 0 aliphatic heterocycles. The Morgan fingerprint density at radius 3 is 2.94 bits per heavy atom. The molecule has 1 aliphatic carbocycles. The van der Waals surface area contributed by atoms with E-state index in [2.05, 4.69) is 10.3 Å². The van der Waals surface area contributed by atoms with Crippen molar-refractivity contribution >= 4 is 17.1 Å². The number of rotatable bonds is 2. The molecule has 0 bridgehead atoms. The normalized spacial score (nSPS) is 17.1. The fourth-order valence-corrected chi connectivity index (χ4v) is 2.20. The van der Waals surface area contributed by atoms with Gasteiger partial charge in [0.2, 0.25) is 0 Å². The molecule has 0 spiro atoms. The van der Waals surface area contributed by atoms with Crippen molar-refractivity contribution in [2.75, 3.05) is 5.32 Å². The van der Waals surface area contributed by atoms with Crippen LogP contribution < -0.4 is 5.32 Å². The van der Waals surface area contributed by atoms with Crippen molar-refractivity contribution in [3.63, 3.8) is 0 Å². The summed E-state index contributed by atoms with van der Waals surface area (Å²) in [6.07, 6.45) is 4.83. The highest BCUT2D eigenvalue weighted by atomic mass is 19.1. The Labute approximate surface area is 92.7 Å². The van der Waals surface area contributed by atoms with Crippen LogP contribution in [-0.2, 0) is 0 Å². The Balaban J connectivity index is 1.86. The van der Waals surface area contributed by atoms with Gasteiger partial charge in [0, 0.05) is 12.1 Å². The minimum absolute atomic E-state index is 0.295. The lowest BCUT2D eigenvalue weighted by molar-refractivity contribution is 0.585. The van der Waals surface area contributed by atoms with Crippen molar-refractivity contribution < 1.29 is 8.81 Å². The Bertz CT molecular complexity index is 503. The number of nitrogens with zero attached hydrogens (tertiary/aromatic N) is 1. The first-order valence-electron chi connectivity index (χ1n) is 5.64. The SMILES string of the molecule is Fc1ccc2nc(NC3CCCC3)oc2c1. The predicted molar refractivity (Wildman–Crippen MR) is 59.8 cm³/mol. The van der Waals surface area contributed by atoms with Crippen molar-refractivity contribution in [3.8, 4) is 0 Å². The topological polar surface area (TPSA) is 38.1 Å². The summed E-state index contributed by atoms with van der Waals surface area (Å²) < 4.78 is 18.4. The second-order valence-corrected chi connectivity index (χ2v) is 4.26. The first-order valence-corrected chi connectivity index (χ1v) is 5.64. The van der Waals surface area contributed by atoms with Crippen LogP contribution in [0, 0.1) is 5.82 Å². The predicted octanol–water partition coefficient (Wildman–Crippen LogP) is 3.32. The molecule has 1 aliphatic rings. The summed E-state index contributed by atoms with van der Waals surface area (Å²) in [4.78, 5) is 4.27. The highest BCUT2D eigenvalue weighted by molar-refractivity contribution is 5.74. The van der Waals surface area contributed by atoms with Crippen LogP contribution in [0.2, 0.25) is 0 Å².